The third kappa shape index (κ3) is 14.8. The zero-order valence-electron chi connectivity index (χ0n) is 14.1. The Bertz CT molecular complexity index is 206. The Morgan fingerprint density at radius 2 is 1.38 bits per heavy atom. The quantitative estimate of drug-likeness (QED) is 0.322. The Labute approximate surface area is 136 Å². The molecule has 0 N–H and O–H groups in total. The topological polar surface area (TPSA) is 30.9 Å². The van der Waals surface area contributed by atoms with E-state index in [1.54, 1.807) is 0 Å². The standard InChI is InChI=1S/C16H34ClNO3/c1-4-5-10-19-12-14-21-15-13-20-11-9-18(16(2)3)8-6-7-17/h16H,4-15H2,1-3H3. The molecule has 0 saturated carbocycles. The molecular weight excluding hydrogens is 290 g/mol. The highest BCUT2D eigenvalue weighted by atomic mass is 35.5. The van der Waals surface area contributed by atoms with Gasteiger partial charge in [0.1, 0.15) is 0 Å². The molecular formula is C16H34ClNO3. The molecule has 0 saturated heterocycles. The van der Waals surface area contributed by atoms with E-state index in [1.165, 1.54) is 6.42 Å². The van der Waals surface area contributed by atoms with Crippen molar-refractivity contribution in [2.24, 2.45) is 0 Å². The molecule has 0 aromatic rings. The molecule has 0 aliphatic heterocycles. The van der Waals surface area contributed by atoms with Gasteiger partial charge in [-0.1, -0.05) is 13.3 Å². The second-order valence-electron chi connectivity index (χ2n) is 5.36. The first-order valence-electron chi connectivity index (χ1n) is 8.25. The Kier molecular flexibility index (Phi) is 16.6. The molecule has 0 aliphatic rings. The molecule has 0 spiro atoms. The lowest BCUT2D eigenvalue weighted by atomic mass is 10.3. The SMILES string of the molecule is CCCCOCCOCCOCCN(CCCCl)C(C)C. The molecule has 0 amide bonds. The summed E-state index contributed by atoms with van der Waals surface area (Å²) in [6.07, 6.45) is 3.33. The van der Waals surface area contributed by atoms with Crippen LogP contribution in [0.1, 0.15) is 40.0 Å². The van der Waals surface area contributed by atoms with Gasteiger partial charge in [-0.25, -0.2) is 0 Å². The van der Waals surface area contributed by atoms with Crippen LogP contribution >= 0.6 is 11.6 Å². The van der Waals surface area contributed by atoms with Crippen LogP contribution in [0.2, 0.25) is 0 Å². The highest BCUT2D eigenvalue weighted by Gasteiger charge is 2.08. The van der Waals surface area contributed by atoms with Crippen molar-refractivity contribution in [1.29, 1.82) is 0 Å². The first-order chi connectivity index (χ1) is 10.2. The minimum atomic E-state index is 0.535. The molecule has 0 rings (SSSR count). The molecule has 5 heteroatoms. The van der Waals surface area contributed by atoms with Crippen molar-refractivity contribution in [2.45, 2.75) is 46.1 Å². The number of unbranched alkanes of at least 4 members (excludes halogenated alkanes) is 1. The van der Waals surface area contributed by atoms with Crippen molar-refractivity contribution >= 4 is 11.6 Å². The predicted octanol–water partition coefficient (Wildman–Crippen LogP) is 3.18. The smallest absolute Gasteiger partial charge is 0.0701 e. The minimum absolute atomic E-state index is 0.535. The monoisotopic (exact) mass is 323 g/mol. The minimum Gasteiger partial charge on any atom is -0.379 e. The molecule has 0 atom stereocenters. The number of hydrogen-bond acceptors (Lipinski definition) is 4. The van der Waals surface area contributed by atoms with Gasteiger partial charge >= 0.3 is 0 Å². The Hall–Kier alpha value is 0.130. The lowest BCUT2D eigenvalue weighted by molar-refractivity contribution is 0.00874. The number of hydrogen-bond donors (Lipinski definition) is 0. The van der Waals surface area contributed by atoms with Crippen LogP contribution in [0.15, 0.2) is 0 Å². The van der Waals surface area contributed by atoms with E-state index in [4.69, 9.17) is 25.8 Å². The zero-order chi connectivity index (χ0) is 15.8. The number of rotatable bonds is 16. The summed E-state index contributed by atoms with van der Waals surface area (Å²) in [5.74, 6) is 0.720. The molecule has 0 fully saturated rings. The third-order valence-electron chi connectivity index (χ3n) is 3.22. The summed E-state index contributed by atoms with van der Waals surface area (Å²) in [5, 5.41) is 0. The average Bonchev–Trinajstić information content (AvgIpc) is 2.47. The summed E-state index contributed by atoms with van der Waals surface area (Å²) in [4.78, 5) is 2.39. The van der Waals surface area contributed by atoms with Gasteiger partial charge in [0.25, 0.3) is 0 Å². The lowest BCUT2D eigenvalue weighted by Crippen LogP contribution is -2.35. The van der Waals surface area contributed by atoms with E-state index in [2.05, 4.69) is 25.7 Å². The summed E-state index contributed by atoms with van der Waals surface area (Å²) in [6.45, 7) is 12.8. The van der Waals surface area contributed by atoms with Gasteiger partial charge in [0.05, 0.1) is 33.0 Å². The molecule has 0 aromatic carbocycles. The first-order valence-corrected chi connectivity index (χ1v) is 8.79. The summed E-state index contributed by atoms with van der Waals surface area (Å²) in [6, 6.07) is 0.535. The van der Waals surface area contributed by atoms with E-state index in [0.29, 0.717) is 32.5 Å². The Morgan fingerprint density at radius 3 is 1.90 bits per heavy atom. The van der Waals surface area contributed by atoms with Gasteiger partial charge in [0.2, 0.25) is 0 Å². The molecule has 0 aliphatic carbocycles. The number of ether oxygens (including phenoxy) is 3. The molecule has 0 radical (unpaired) electrons. The van der Waals surface area contributed by atoms with Crippen LogP contribution in [0, 0.1) is 0 Å². The largest absolute Gasteiger partial charge is 0.379 e. The van der Waals surface area contributed by atoms with Crippen molar-refractivity contribution in [3.05, 3.63) is 0 Å². The highest BCUT2D eigenvalue weighted by Crippen LogP contribution is 2.00. The maximum absolute atomic E-state index is 5.74. The van der Waals surface area contributed by atoms with Crippen LogP contribution in [0.3, 0.4) is 0 Å². The van der Waals surface area contributed by atoms with Crippen molar-refractivity contribution in [3.63, 3.8) is 0 Å². The zero-order valence-corrected chi connectivity index (χ0v) is 14.9. The fraction of sp³-hybridized carbons (Fsp3) is 1.00. The van der Waals surface area contributed by atoms with Gasteiger partial charge in [-0.15, -0.1) is 11.6 Å². The molecule has 0 bridgehead atoms. The molecule has 21 heavy (non-hydrogen) atoms. The fourth-order valence-electron chi connectivity index (χ4n) is 1.86. The van der Waals surface area contributed by atoms with Gasteiger partial charge in [-0.2, -0.15) is 0 Å². The number of halogens is 1. The van der Waals surface area contributed by atoms with Gasteiger partial charge in [-0.05, 0) is 33.2 Å². The van der Waals surface area contributed by atoms with E-state index in [0.717, 1.165) is 45.0 Å². The van der Waals surface area contributed by atoms with Crippen molar-refractivity contribution in [3.8, 4) is 0 Å². The molecule has 128 valence electrons. The Balaban J connectivity index is 3.29. The van der Waals surface area contributed by atoms with Crippen LogP contribution in [0.5, 0.6) is 0 Å². The van der Waals surface area contributed by atoms with Crippen molar-refractivity contribution < 1.29 is 14.2 Å². The van der Waals surface area contributed by atoms with Gasteiger partial charge < -0.3 is 14.2 Å². The second-order valence-corrected chi connectivity index (χ2v) is 5.74. The Morgan fingerprint density at radius 1 is 0.810 bits per heavy atom. The lowest BCUT2D eigenvalue weighted by Gasteiger charge is -2.25. The van der Waals surface area contributed by atoms with E-state index in [9.17, 15) is 0 Å². The number of alkyl halides is 1. The average molecular weight is 324 g/mol. The van der Waals surface area contributed by atoms with Crippen molar-refractivity contribution in [2.75, 3.05) is 58.6 Å². The van der Waals surface area contributed by atoms with E-state index < -0.39 is 0 Å². The van der Waals surface area contributed by atoms with Crippen molar-refractivity contribution in [1.82, 2.24) is 4.90 Å². The molecule has 0 aromatic heterocycles. The van der Waals surface area contributed by atoms with E-state index >= 15 is 0 Å². The van der Waals surface area contributed by atoms with Gasteiger partial charge in [0, 0.05) is 25.1 Å². The molecule has 0 heterocycles. The van der Waals surface area contributed by atoms with Gasteiger partial charge in [-0.3, -0.25) is 4.90 Å². The molecule has 0 unspecified atom stereocenters. The fourth-order valence-corrected chi connectivity index (χ4v) is 1.98. The first kappa shape index (κ1) is 21.1. The summed E-state index contributed by atoms with van der Waals surface area (Å²) in [5.41, 5.74) is 0. The second kappa shape index (κ2) is 16.5. The van der Waals surface area contributed by atoms with E-state index in [1.807, 2.05) is 0 Å². The van der Waals surface area contributed by atoms with Crippen LogP contribution in [-0.2, 0) is 14.2 Å². The van der Waals surface area contributed by atoms with Crippen LogP contribution in [0.4, 0.5) is 0 Å². The maximum Gasteiger partial charge on any atom is 0.0701 e. The summed E-state index contributed by atoms with van der Waals surface area (Å²) < 4.78 is 16.5. The van der Waals surface area contributed by atoms with Crippen LogP contribution in [-0.4, -0.2) is 69.6 Å². The number of nitrogens with zero attached hydrogens (tertiary/aromatic N) is 1. The van der Waals surface area contributed by atoms with E-state index in [-0.39, 0.29) is 0 Å². The predicted molar refractivity (Wildman–Crippen MR) is 89.4 cm³/mol. The summed E-state index contributed by atoms with van der Waals surface area (Å²) >= 11 is 5.74. The summed E-state index contributed by atoms with van der Waals surface area (Å²) in [7, 11) is 0. The van der Waals surface area contributed by atoms with Crippen LogP contribution < -0.4 is 0 Å². The van der Waals surface area contributed by atoms with Gasteiger partial charge in [0.15, 0.2) is 0 Å². The highest BCUT2D eigenvalue weighted by molar-refractivity contribution is 6.17. The maximum atomic E-state index is 5.74. The normalized spacial score (nSPS) is 11.7. The third-order valence-corrected chi connectivity index (χ3v) is 3.49. The molecule has 4 nitrogen and oxygen atoms in total. The van der Waals surface area contributed by atoms with Crippen LogP contribution in [0.25, 0.3) is 0 Å².